The molecule has 0 aromatic heterocycles. The lowest BCUT2D eigenvalue weighted by molar-refractivity contribution is -0.117. The second-order valence-corrected chi connectivity index (χ2v) is 4.96. The van der Waals surface area contributed by atoms with Crippen molar-refractivity contribution in [1.82, 2.24) is 0 Å². The number of carbonyl (C=O) groups excluding carboxylic acids is 1. The van der Waals surface area contributed by atoms with Gasteiger partial charge in [-0.25, -0.2) is 8.78 Å². The van der Waals surface area contributed by atoms with Gasteiger partial charge in [0.25, 0.3) is 0 Å². The van der Waals surface area contributed by atoms with E-state index in [1.165, 1.54) is 6.07 Å². The molecule has 0 unspecified atom stereocenters. The topological polar surface area (TPSA) is 26.3 Å². The van der Waals surface area contributed by atoms with Gasteiger partial charge in [0.1, 0.15) is 11.5 Å². The van der Waals surface area contributed by atoms with Crippen molar-refractivity contribution in [2.45, 2.75) is 19.8 Å². The van der Waals surface area contributed by atoms with Crippen molar-refractivity contribution >= 4 is 5.78 Å². The third kappa shape index (κ3) is 3.88. The van der Waals surface area contributed by atoms with Gasteiger partial charge in [-0.15, -0.1) is 0 Å². The highest BCUT2D eigenvalue weighted by Gasteiger charge is 2.11. The molecule has 4 heteroatoms. The zero-order valence-electron chi connectivity index (χ0n) is 12.0. The van der Waals surface area contributed by atoms with E-state index in [1.807, 2.05) is 25.1 Å². The average Bonchev–Trinajstić information content (AvgIpc) is 2.43. The van der Waals surface area contributed by atoms with E-state index in [1.54, 1.807) is 7.11 Å². The second-order valence-electron chi connectivity index (χ2n) is 4.96. The van der Waals surface area contributed by atoms with Crippen molar-refractivity contribution in [3.05, 3.63) is 64.7 Å². The predicted molar refractivity (Wildman–Crippen MR) is 76.5 cm³/mol. The van der Waals surface area contributed by atoms with Crippen LogP contribution in [0.25, 0.3) is 0 Å². The summed E-state index contributed by atoms with van der Waals surface area (Å²) in [6.07, 6.45) is 0.262. The van der Waals surface area contributed by atoms with Crippen LogP contribution in [0.1, 0.15) is 16.7 Å². The van der Waals surface area contributed by atoms with Crippen molar-refractivity contribution in [2.24, 2.45) is 0 Å². The summed E-state index contributed by atoms with van der Waals surface area (Å²) < 4.78 is 31.2. The van der Waals surface area contributed by atoms with Crippen LogP contribution in [-0.2, 0) is 17.6 Å². The standard InChI is InChI=1S/C17H16F2O2/c1-11-3-6-17(21-2)13(7-11)10-14(20)8-12-4-5-15(18)16(19)9-12/h3-7,9H,8,10H2,1-2H3. The Bertz CT molecular complexity index is 666. The van der Waals surface area contributed by atoms with E-state index < -0.39 is 11.6 Å². The number of methoxy groups -OCH3 is 1. The number of benzene rings is 2. The summed E-state index contributed by atoms with van der Waals surface area (Å²) in [5.41, 5.74) is 2.29. The number of Topliss-reactive ketones (excluding diaryl/α,β-unsaturated/α-hetero) is 1. The minimum atomic E-state index is -0.937. The maximum atomic E-state index is 13.1. The van der Waals surface area contributed by atoms with Gasteiger partial charge >= 0.3 is 0 Å². The smallest absolute Gasteiger partial charge is 0.159 e. The Kier molecular flexibility index (Phi) is 4.68. The van der Waals surface area contributed by atoms with Gasteiger partial charge in [-0.3, -0.25) is 4.79 Å². The molecule has 2 rings (SSSR count). The summed E-state index contributed by atoms with van der Waals surface area (Å²) in [7, 11) is 1.55. The maximum Gasteiger partial charge on any atom is 0.159 e. The molecule has 0 fully saturated rings. The summed E-state index contributed by atoms with van der Waals surface area (Å²) in [5.74, 6) is -1.27. The minimum Gasteiger partial charge on any atom is -0.496 e. The molecule has 0 saturated heterocycles. The molecule has 0 spiro atoms. The molecule has 0 saturated carbocycles. The number of hydrogen-bond donors (Lipinski definition) is 0. The lowest BCUT2D eigenvalue weighted by atomic mass is 10.0. The van der Waals surface area contributed by atoms with E-state index in [0.29, 0.717) is 11.3 Å². The molecule has 21 heavy (non-hydrogen) atoms. The number of halogens is 2. The fourth-order valence-corrected chi connectivity index (χ4v) is 2.20. The molecule has 2 aromatic carbocycles. The van der Waals surface area contributed by atoms with Crippen molar-refractivity contribution in [3.8, 4) is 5.75 Å². The molecule has 0 aliphatic rings. The van der Waals surface area contributed by atoms with Crippen molar-refractivity contribution in [3.63, 3.8) is 0 Å². The van der Waals surface area contributed by atoms with E-state index in [4.69, 9.17) is 4.74 Å². The quantitative estimate of drug-likeness (QED) is 0.840. The number of aryl methyl sites for hydroxylation is 1. The highest BCUT2D eigenvalue weighted by Crippen LogP contribution is 2.21. The summed E-state index contributed by atoms with van der Waals surface area (Å²) in [6, 6.07) is 9.12. The molecule has 0 amide bonds. The fraction of sp³-hybridized carbons (Fsp3) is 0.235. The molecule has 2 nitrogen and oxygen atoms in total. The Balaban J connectivity index is 2.11. The van der Waals surface area contributed by atoms with Crippen molar-refractivity contribution < 1.29 is 18.3 Å². The highest BCUT2D eigenvalue weighted by molar-refractivity contribution is 5.83. The lowest BCUT2D eigenvalue weighted by Crippen LogP contribution is -2.08. The molecule has 0 radical (unpaired) electrons. The third-order valence-electron chi connectivity index (χ3n) is 3.21. The van der Waals surface area contributed by atoms with Crippen molar-refractivity contribution in [1.29, 1.82) is 0 Å². The molecule has 0 aliphatic carbocycles. The van der Waals surface area contributed by atoms with Crippen molar-refractivity contribution in [2.75, 3.05) is 7.11 Å². The average molecular weight is 290 g/mol. The molecule has 0 aliphatic heterocycles. The molecule has 110 valence electrons. The molecule has 0 atom stereocenters. The van der Waals surface area contributed by atoms with E-state index in [0.717, 1.165) is 23.3 Å². The van der Waals surface area contributed by atoms with E-state index in [-0.39, 0.29) is 18.6 Å². The second kappa shape index (κ2) is 6.48. The Morgan fingerprint density at radius 1 is 1.05 bits per heavy atom. The number of rotatable bonds is 5. The number of hydrogen-bond acceptors (Lipinski definition) is 2. The first kappa shape index (κ1) is 15.2. The van der Waals surface area contributed by atoms with Gasteiger partial charge in [-0.1, -0.05) is 23.8 Å². The Morgan fingerprint density at radius 2 is 1.81 bits per heavy atom. The lowest BCUT2D eigenvalue weighted by Gasteiger charge is -2.09. The maximum absolute atomic E-state index is 13.1. The zero-order valence-corrected chi connectivity index (χ0v) is 12.0. The van der Waals surface area contributed by atoms with Crippen LogP contribution in [0.4, 0.5) is 8.78 Å². The van der Waals surface area contributed by atoms with E-state index in [2.05, 4.69) is 0 Å². The normalized spacial score (nSPS) is 10.5. The summed E-state index contributed by atoms with van der Waals surface area (Å²) in [6.45, 7) is 1.93. The van der Waals surface area contributed by atoms with Gasteiger partial charge in [0, 0.05) is 18.4 Å². The molecule has 0 N–H and O–H groups in total. The Hall–Kier alpha value is -2.23. The summed E-state index contributed by atoms with van der Waals surface area (Å²) in [5, 5.41) is 0. The monoisotopic (exact) mass is 290 g/mol. The summed E-state index contributed by atoms with van der Waals surface area (Å²) >= 11 is 0. The van der Waals surface area contributed by atoms with Crippen LogP contribution in [-0.4, -0.2) is 12.9 Å². The molecular weight excluding hydrogens is 274 g/mol. The van der Waals surface area contributed by atoms with Gasteiger partial charge in [0.05, 0.1) is 7.11 Å². The van der Waals surface area contributed by atoms with Gasteiger partial charge in [-0.2, -0.15) is 0 Å². The zero-order chi connectivity index (χ0) is 15.4. The minimum absolute atomic E-state index is 0.0638. The first-order valence-corrected chi connectivity index (χ1v) is 6.58. The first-order chi connectivity index (χ1) is 9.99. The predicted octanol–water partition coefficient (Wildman–Crippen LogP) is 3.64. The molecule has 0 bridgehead atoms. The highest BCUT2D eigenvalue weighted by atomic mass is 19.2. The third-order valence-corrected chi connectivity index (χ3v) is 3.21. The van der Waals surface area contributed by atoms with E-state index >= 15 is 0 Å². The van der Waals surface area contributed by atoms with E-state index in [9.17, 15) is 13.6 Å². The van der Waals surface area contributed by atoms with Crippen LogP contribution in [0.3, 0.4) is 0 Å². The van der Waals surface area contributed by atoms with Crippen LogP contribution in [0.2, 0.25) is 0 Å². The van der Waals surface area contributed by atoms with Gasteiger partial charge < -0.3 is 4.74 Å². The first-order valence-electron chi connectivity index (χ1n) is 6.58. The van der Waals surface area contributed by atoms with Crippen LogP contribution in [0, 0.1) is 18.6 Å². The Labute approximate surface area is 122 Å². The Morgan fingerprint density at radius 3 is 2.48 bits per heavy atom. The molecular formula is C17H16F2O2. The largest absolute Gasteiger partial charge is 0.496 e. The van der Waals surface area contributed by atoms with Gasteiger partial charge in [0.15, 0.2) is 11.6 Å². The summed E-state index contributed by atoms with van der Waals surface area (Å²) in [4.78, 5) is 12.1. The van der Waals surface area contributed by atoms with Crippen LogP contribution in [0.15, 0.2) is 36.4 Å². The number of carbonyl (C=O) groups is 1. The van der Waals surface area contributed by atoms with Crippen LogP contribution in [0.5, 0.6) is 5.75 Å². The SMILES string of the molecule is COc1ccc(C)cc1CC(=O)Cc1ccc(F)c(F)c1. The fourth-order valence-electron chi connectivity index (χ4n) is 2.20. The number of ketones is 1. The van der Waals surface area contributed by atoms with Gasteiger partial charge in [0.2, 0.25) is 0 Å². The number of ether oxygens (including phenoxy) is 1. The van der Waals surface area contributed by atoms with Gasteiger partial charge in [-0.05, 0) is 30.7 Å². The molecule has 0 heterocycles. The van der Waals surface area contributed by atoms with Crippen LogP contribution >= 0.6 is 0 Å². The molecule has 2 aromatic rings. The van der Waals surface area contributed by atoms with Crippen LogP contribution < -0.4 is 4.74 Å².